The van der Waals surface area contributed by atoms with Crippen LogP contribution in [-0.2, 0) is 10.8 Å². The third-order valence-corrected chi connectivity index (χ3v) is 2.75. The maximum absolute atomic E-state index is 11.2. The molecule has 62 valence electrons. The van der Waals surface area contributed by atoms with Gasteiger partial charge in [0, 0.05) is 6.07 Å². The van der Waals surface area contributed by atoms with Gasteiger partial charge in [-0.1, -0.05) is 0 Å². The molecular weight excluding hydrogens is 174 g/mol. The lowest BCUT2D eigenvalue weighted by atomic mass is 10.3. The molecule has 1 heterocycles. The maximum Gasteiger partial charge on any atom is 0.121 e. The minimum absolute atomic E-state index is 0.741. The standard InChI is InChI=1S/C8H7NO2S/c1-11-6-2-3-8-7(4-6)9-5-12(8)10/h2-5H,1H3. The average molecular weight is 181 g/mol. The van der Waals surface area contributed by atoms with Gasteiger partial charge in [0.1, 0.15) is 5.75 Å². The summed E-state index contributed by atoms with van der Waals surface area (Å²) in [6.07, 6.45) is 0. The van der Waals surface area contributed by atoms with Crippen LogP contribution in [0.25, 0.3) is 0 Å². The first kappa shape index (κ1) is 7.49. The number of hydrogen-bond acceptors (Lipinski definition) is 3. The molecule has 0 bridgehead atoms. The van der Waals surface area contributed by atoms with Crippen molar-refractivity contribution in [2.45, 2.75) is 4.90 Å². The molecule has 0 N–H and O–H groups in total. The summed E-state index contributed by atoms with van der Waals surface area (Å²) in [5.41, 5.74) is 2.18. The lowest BCUT2D eigenvalue weighted by molar-refractivity contribution is 0.414. The molecule has 0 aliphatic carbocycles. The van der Waals surface area contributed by atoms with Gasteiger partial charge in [-0.3, -0.25) is 0 Å². The Kier molecular flexibility index (Phi) is 1.69. The number of hydrogen-bond donors (Lipinski definition) is 0. The monoisotopic (exact) mass is 181 g/mol. The second kappa shape index (κ2) is 2.71. The van der Waals surface area contributed by atoms with E-state index >= 15 is 0 Å². The highest BCUT2D eigenvalue weighted by molar-refractivity contribution is 7.99. The number of ether oxygens (including phenoxy) is 1. The van der Waals surface area contributed by atoms with E-state index in [1.54, 1.807) is 25.3 Å². The highest BCUT2D eigenvalue weighted by Gasteiger charge is 2.13. The molecule has 1 aromatic carbocycles. The van der Waals surface area contributed by atoms with Crippen LogP contribution in [0.1, 0.15) is 0 Å². The van der Waals surface area contributed by atoms with Gasteiger partial charge >= 0.3 is 0 Å². The number of nitrogens with zero attached hydrogens (tertiary/aromatic N) is 1. The Labute approximate surface area is 72.5 Å². The molecule has 0 amide bonds. The van der Waals surface area contributed by atoms with E-state index in [-0.39, 0.29) is 0 Å². The van der Waals surface area contributed by atoms with Crippen molar-refractivity contribution in [3.63, 3.8) is 0 Å². The van der Waals surface area contributed by atoms with Crippen molar-refractivity contribution in [3.05, 3.63) is 18.2 Å². The number of aliphatic imine (C=N–C) groups is 1. The van der Waals surface area contributed by atoms with Crippen molar-refractivity contribution < 1.29 is 8.95 Å². The van der Waals surface area contributed by atoms with E-state index in [2.05, 4.69) is 4.99 Å². The predicted molar refractivity (Wildman–Crippen MR) is 47.6 cm³/mol. The zero-order valence-corrected chi connectivity index (χ0v) is 7.30. The molecule has 0 spiro atoms. The first-order chi connectivity index (χ1) is 5.81. The Bertz CT molecular complexity index is 373. The number of methoxy groups -OCH3 is 1. The molecule has 3 nitrogen and oxygen atoms in total. The SMILES string of the molecule is COc1ccc2c(c1)N=CS2=O. The Morgan fingerprint density at radius 1 is 1.50 bits per heavy atom. The van der Waals surface area contributed by atoms with E-state index in [4.69, 9.17) is 4.74 Å². The quantitative estimate of drug-likeness (QED) is 0.658. The molecule has 1 atom stereocenters. The summed E-state index contributed by atoms with van der Waals surface area (Å²) in [4.78, 5) is 4.74. The van der Waals surface area contributed by atoms with Crippen molar-refractivity contribution in [1.29, 1.82) is 0 Å². The molecule has 1 aromatic rings. The van der Waals surface area contributed by atoms with Gasteiger partial charge in [-0.2, -0.15) is 0 Å². The van der Waals surface area contributed by atoms with Crippen LogP contribution in [-0.4, -0.2) is 16.9 Å². The second-order valence-electron chi connectivity index (χ2n) is 2.37. The first-order valence-corrected chi connectivity index (χ1v) is 4.65. The molecule has 1 unspecified atom stereocenters. The number of rotatable bonds is 1. The molecular formula is C8H7NO2S. The number of fused-ring (bicyclic) bond motifs is 1. The van der Waals surface area contributed by atoms with Gasteiger partial charge in [0.2, 0.25) is 0 Å². The normalized spacial score (nSPS) is 19.2. The minimum atomic E-state index is -1.06. The van der Waals surface area contributed by atoms with Crippen LogP contribution in [0.3, 0.4) is 0 Å². The average Bonchev–Trinajstić information content (AvgIpc) is 2.47. The van der Waals surface area contributed by atoms with Gasteiger partial charge in [0.15, 0.2) is 0 Å². The fraction of sp³-hybridized carbons (Fsp3) is 0.125. The van der Waals surface area contributed by atoms with Gasteiger partial charge in [-0.15, -0.1) is 0 Å². The third kappa shape index (κ3) is 1.04. The molecule has 0 fully saturated rings. The zero-order valence-electron chi connectivity index (χ0n) is 6.48. The van der Waals surface area contributed by atoms with E-state index < -0.39 is 10.8 Å². The van der Waals surface area contributed by atoms with Crippen molar-refractivity contribution >= 4 is 22.0 Å². The highest BCUT2D eigenvalue weighted by Crippen LogP contribution is 2.30. The highest BCUT2D eigenvalue weighted by atomic mass is 32.2. The molecule has 4 heteroatoms. The summed E-state index contributed by atoms with van der Waals surface area (Å²) >= 11 is 0. The van der Waals surface area contributed by atoms with Gasteiger partial charge in [0.05, 0.1) is 34.0 Å². The lowest BCUT2D eigenvalue weighted by Gasteiger charge is -2.00. The summed E-state index contributed by atoms with van der Waals surface area (Å²) in [5, 5.41) is 0. The summed E-state index contributed by atoms with van der Waals surface area (Å²) in [6, 6.07) is 5.33. The number of benzene rings is 1. The lowest BCUT2D eigenvalue weighted by Crippen LogP contribution is -1.86. The Morgan fingerprint density at radius 2 is 2.33 bits per heavy atom. The van der Waals surface area contributed by atoms with Crippen LogP contribution in [0.5, 0.6) is 5.75 Å². The fourth-order valence-electron chi connectivity index (χ4n) is 1.06. The summed E-state index contributed by atoms with van der Waals surface area (Å²) in [5.74, 6) is 0.741. The van der Waals surface area contributed by atoms with Crippen LogP contribution in [0.4, 0.5) is 5.69 Å². The summed E-state index contributed by atoms with van der Waals surface area (Å²) in [6.45, 7) is 0. The summed E-state index contributed by atoms with van der Waals surface area (Å²) in [7, 11) is 0.539. The Balaban J connectivity index is 2.54. The van der Waals surface area contributed by atoms with Crippen molar-refractivity contribution in [1.82, 2.24) is 0 Å². The molecule has 0 aromatic heterocycles. The van der Waals surface area contributed by atoms with Crippen LogP contribution < -0.4 is 4.74 Å². The fourth-order valence-corrected chi connectivity index (χ4v) is 1.90. The maximum atomic E-state index is 11.2. The molecule has 12 heavy (non-hydrogen) atoms. The van der Waals surface area contributed by atoms with E-state index in [9.17, 15) is 4.21 Å². The van der Waals surface area contributed by atoms with Gasteiger partial charge in [-0.05, 0) is 12.1 Å². The predicted octanol–water partition coefficient (Wildman–Crippen LogP) is 1.48. The Hall–Kier alpha value is -1.16. The molecule has 1 aliphatic rings. The van der Waals surface area contributed by atoms with E-state index in [1.165, 1.54) is 5.55 Å². The van der Waals surface area contributed by atoms with Gasteiger partial charge < -0.3 is 4.74 Å². The van der Waals surface area contributed by atoms with Crippen LogP contribution >= 0.6 is 0 Å². The molecule has 2 rings (SSSR count). The van der Waals surface area contributed by atoms with Crippen molar-refractivity contribution in [2.75, 3.05) is 7.11 Å². The van der Waals surface area contributed by atoms with Crippen LogP contribution in [0.15, 0.2) is 28.1 Å². The minimum Gasteiger partial charge on any atom is -0.497 e. The van der Waals surface area contributed by atoms with Gasteiger partial charge in [0.25, 0.3) is 0 Å². The van der Waals surface area contributed by atoms with Gasteiger partial charge in [-0.25, -0.2) is 9.20 Å². The van der Waals surface area contributed by atoms with E-state index in [0.717, 1.165) is 16.3 Å². The molecule has 0 saturated heterocycles. The third-order valence-electron chi connectivity index (χ3n) is 1.67. The van der Waals surface area contributed by atoms with Crippen LogP contribution in [0.2, 0.25) is 0 Å². The van der Waals surface area contributed by atoms with Crippen molar-refractivity contribution in [3.8, 4) is 5.75 Å². The molecule has 1 aliphatic heterocycles. The zero-order chi connectivity index (χ0) is 8.55. The molecule has 0 radical (unpaired) electrons. The second-order valence-corrected chi connectivity index (χ2v) is 3.61. The topological polar surface area (TPSA) is 38.7 Å². The van der Waals surface area contributed by atoms with Crippen molar-refractivity contribution in [2.24, 2.45) is 4.99 Å². The smallest absolute Gasteiger partial charge is 0.121 e. The van der Waals surface area contributed by atoms with Crippen LogP contribution in [0, 0.1) is 0 Å². The Morgan fingerprint density at radius 3 is 3.08 bits per heavy atom. The largest absolute Gasteiger partial charge is 0.497 e. The van der Waals surface area contributed by atoms with E-state index in [1.807, 2.05) is 0 Å². The molecule has 0 saturated carbocycles. The summed E-state index contributed by atoms with van der Waals surface area (Å²) < 4.78 is 16.2. The van der Waals surface area contributed by atoms with E-state index in [0.29, 0.717) is 0 Å². The first-order valence-electron chi connectivity index (χ1n) is 3.44.